The summed E-state index contributed by atoms with van der Waals surface area (Å²) in [7, 11) is 0. The molecular formula is C21H37N5. The van der Waals surface area contributed by atoms with Crippen molar-refractivity contribution in [1.82, 2.24) is 20.4 Å². The first kappa shape index (κ1) is 20.7. The average Bonchev–Trinajstić information content (AvgIpc) is 2.60. The van der Waals surface area contributed by atoms with Crippen LogP contribution in [0.4, 0.5) is 0 Å². The van der Waals surface area contributed by atoms with Crippen LogP contribution in [-0.4, -0.2) is 60.6 Å². The quantitative estimate of drug-likeness (QED) is 0.605. The summed E-state index contributed by atoms with van der Waals surface area (Å²) in [5, 5.41) is 6.81. The molecule has 0 radical (unpaired) electrons. The van der Waals surface area contributed by atoms with E-state index in [4.69, 9.17) is 4.99 Å². The maximum Gasteiger partial charge on any atom is 0.191 e. The standard InChI is InChI=1S/C21H37N5/c1-6-22-20(24-21(3,4)5)23-16-18-10-8-9-11-19(18)17-26-14-12-25(7-2)13-15-26/h8-11H,6-7,12-17H2,1-5H3,(H2,22,23,24). The molecule has 0 aromatic heterocycles. The summed E-state index contributed by atoms with van der Waals surface area (Å²) < 4.78 is 0. The van der Waals surface area contributed by atoms with Gasteiger partial charge in [-0.3, -0.25) is 4.90 Å². The van der Waals surface area contributed by atoms with Gasteiger partial charge in [-0.05, 0) is 45.4 Å². The van der Waals surface area contributed by atoms with Crippen LogP contribution < -0.4 is 10.6 Å². The molecule has 0 bridgehead atoms. The highest BCUT2D eigenvalue weighted by Crippen LogP contribution is 2.15. The molecular weight excluding hydrogens is 322 g/mol. The van der Waals surface area contributed by atoms with Gasteiger partial charge < -0.3 is 15.5 Å². The maximum atomic E-state index is 4.82. The summed E-state index contributed by atoms with van der Waals surface area (Å²) in [6.07, 6.45) is 0. The highest BCUT2D eigenvalue weighted by atomic mass is 15.3. The number of nitrogens with one attached hydrogen (secondary N) is 2. The van der Waals surface area contributed by atoms with Crippen molar-refractivity contribution in [3.05, 3.63) is 35.4 Å². The molecule has 0 unspecified atom stereocenters. The lowest BCUT2D eigenvalue weighted by Crippen LogP contribution is -2.47. The molecule has 2 N–H and O–H groups in total. The van der Waals surface area contributed by atoms with E-state index in [2.05, 4.69) is 79.3 Å². The Hall–Kier alpha value is -1.59. The molecule has 0 aliphatic carbocycles. The van der Waals surface area contributed by atoms with E-state index in [0.717, 1.165) is 38.7 Å². The topological polar surface area (TPSA) is 42.9 Å². The van der Waals surface area contributed by atoms with Crippen LogP contribution in [0.1, 0.15) is 45.7 Å². The molecule has 146 valence electrons. The Bertz CT molecular complexity index is 568. The minimum atomic E-state index is -0.000522. The number of hydrogen-bond donors (Lipinski definition) is 2. The Morgan fingerprint density at radius 2 is 1.62 bits per heavy atom. The summed E-state index contributed by atoms with van der Waals surface area (Å²) in [4.78, 5) is 9.90. The first-order valence-electron chi connectivity index (χ1n) is 9.99. The van der Waals surface area contributed by atoms with Crippen molar-refractivity contribution in [2.75, 3.05) is 39.3 Å². The van der Waals surface area contributed by atoms with Crippen LogP contribution in [-0.2, 0) is 13.1 Å². The van der Waals surface area contributed by atoms with Crippen molar-refractivity contribution < 1.29 is 0 Å². The third-order valence-electron chi connectivity index (χ3n) is 4.67. The third kappa shape index (κ3) is 6.96. The van der Waals surface area contributed by atoms with Gasteiger partial charge in [0.2, 0.25) is 0 Å². The molecule has 1 saturated heterocycles. The number of likely N-dealkylation sites (N-methyl/N-ethyl adjacent to an activating group) is 1. The fourth-order valence-corrected chi connectivity index (χ4v) is 3.20. The number of benzene rings is 1. The summed E-state index contributed by atoms with van der Waals surface area (Å²) in [5.41, 5.74) is 2.71. The van der Waals surface area contributed by atoms with Gasteiger partial charge in [0.15, 0.2) is 5.96 Å². The Labute approximate surface area is 159 Å². The zero-order valence-electron chi connectivity index (χ0n) is 17.3. The summed E-state index contributed by atoms with van der Waals surface area (Å²) in [6, 6.07) is 8.72. The lowest BCUT2D eigenvalue weighted by molar-refractivity contribution is 0.131. The molecule has 1 aliphatic heterocycles. The first-order valence-corrected chi connectivity index (χ1v) is 9.99. The predicted molar refractivity (Wildman–Crippen MR) is 112 cm³/mol. The highest BCUT2D eigenvalue weighted by Gasteiger charge is 2.17. The van der Waals surface area contributed by atoms with Gasteiger partial charge >= 0.3 is 0 Å². The number of guanidine groups is 1. The van der Waals surface area contributed by atoms with Crippen molar-refractivity contribution in [3.8, 4) is 0 Å². The molecule has 1 aromatic carbocycles. The number of nitrogens with zero attached hydrogens (tertiary/aromatic N) is 3. The first-order chi connectivity index (χ1) is 12.4. The highest BCUT2D eigenvalue weighted by molar-refractivity contribution is 5.80. The normalized spacial score (nSPS) is 17.3. The second-order valence-corrected chi connectivity index (χ2v) is 8.05. The SMILES string of the molecule is CCNC(=NCc1ccccc1CN1CCN(CC)CC1)NC(C)(C)C. The molecule has 26 heavy (non-hydrogen) atoms. The van der Waals surface area contributed by atoms with Crippen LogP contribution in [0.2, 0.25) is 0 Å². The van der Waals surface area contributed by atoms with Crippen molar-refractivity contribution in [2.24, 2.45) is 4.99 Å². The number of piperazine rings is 1. The molecule has 2 rings (SSSR count). The van der Waals surface area contributed by atoms with E-state index in [1.54, 1.807) is 0 Å². The molecule has 0 saturated carbocycles. The van der Waals surface area contributed by atoms with Crippen LogP contribution in [0.5, 0.6) is 0 Å². The molecule has 1 aliphatic rings. The van der Waals surface area contributed by atoms with E-state index in [0.29, 0.717) is 6.54 Å². The minimum absolute atomic E-state index is 0.000522. The predicted octanol–water partition coefficient (Wildman–Crippen LogP) is 2.68. The van der Waals surface area contributed by atoms with Crippen LogP contribution >= 0.6 is 0 Å². The monoisotopic (exact) mass is 359 g/mol. The number of aliphatic imine (C=N–C) groups is 1. The van der Waals surface area contributed by atoms with E-state index < -0.39 is 0 Å². The van der Waals surface area contributed by atoms with Crippen LogP contribution in [0.3, 0.4) is 0 Å². The summed E-state index contributed by atoms with van der Waals surface area (Å²) in [6.45, 7) is 19.2. The minimum Gasteiger partial charge on any atom is -0.357 e. The van der Waals surface area contributed by atoms with Crippen LogP contribution in [0.15, 0.2) is 29.3 Å². The fraction of sp³-hybridized carbons (Fsp3) is 0.667. The van der Waals surface area contributed by atoms with E-state index in [1.165, 1.54) is 24.2 Å². The Morgan fingerprint density at radius 3 is 2.19 bits per heavy atom. The molecule has 1 heterocycles. The second kappa shape index (κ2) is 9.93. The Kier molecular flexibility index (Phi) is 7.91. The lowest BCUT2D eigenvalue weighted by atomic mass is 10.1. The van der Waals surface area contributed by atoms with E-state index in [1.807, 2.05) is 0 Å². The third-order valence-corrected chi connectivity index (χ3v) is 4.67. The molecule has 5 heteroatoms. The van der Waals surface area contributed by atoms with Crippen LogP contribution in [0.25, 0.3) is 0 Å². The van der Waals surface area contributed by atoms with Gasteiger partial charge in [-0.25, -0.2) is 4.99 Å². The number of rotatable bonds is 6. The molecule has 0 spiro atoms. The molecule has 5 nitrogen and oxygen atoms in total. The van der Waals surface area contributed by atoms with Gasteiger partial charge in [0, 0.05) is 44.8 Å². The maximum absolute atomic E-state index is 4.82. The van der Waals surface area contributed by atoms with E-state index in [9.17, 15) is 0 Å². The smallest absolute Gasteiger partial charge is 0.191 e. The van der Waals surface area contributed by atoms with Gasteiger partial charge in [-0.15, -0.1) is 0 Å². The van der Waals surface area contributed by atoms with E-state index >= 15 is 0 Å². The zero-order valence-corrected chi connectivity index (χ0v) is 17.3. The van der Waals surface area contributed by atoms with Crippen molar-refractivity contribution in [3.63, 3.8) is 0 Å². The van der Waals surface area contributed by atoms with Gasteiger partial charge in [0.25, 0.3) is 0 Å². The fourth-order valence-electron chi connectivity index (χ4n) is 3.20. The average molecular weight is 360 g/mol. The Balaban J connectivity index is 2.02. The molecule has 0 amide bonds. The molecule has 0 atom stereocenters. The van der Waals surface area contributed by atoms with E-state index in [-0.39, 0.29) is 5.54 Å². The largest absolute Gasteiger partial charge is 0.357 e. The van der Waals surface area contributed by atoms with Gasteiger partial charge in [0.1, 0.15) is 0 Å². The lowest BCUT2D eigenvalue weighted by Gasteiger charge is -2.34. The molecule has 1 fully saturated rings. The second-order valence-electron chi connectivity index (χ2n) is 8.05. The van der Waals surface area contributed by atoms with Crippen molar-refractivity contribution >= 4 is 5.96 Å². The van der Waals surface area contributed by atoms with Gasteiger partial charge in [-0.2, -0.15) is 0 Å². The Morgan fingerprint density at radius 1 is 1.00 bits per heavy atom. The van der Waals surface area contributed by atoms with Crippen molar-refractivity contribution in [1.29, 1.82) is 0 Å². The van der Waals surface area contributed by atoms with Gasteiger partial charge in [0.05, 0.1) is 6.54 Å². The molecule has 1 aromatic rings. The number of hydrogen-bond acceptors (Lipinski definition) is 3. The van der Waals surface area contributed by atoms with Crippen LogP contribution in [0, 0.1) is 0 Å². The van der Waals surface area contributed by atoms with Gasteiger partial charge in [-0.1, -0.05) is 31.2 Å². The van der Waals surface area contributed by atoms with Crippen molar-refractivity contribution in [2.45, 2.75) is 53.2 Å². The summed E-state index contributed by atoms with van der Waals surface area (Å²) >= 11 is 0. The summed E-state index contributed by atoms with van der Waals surface area (Å²) in [5.74, 6) is 0.881. The zero-order chi connectivity index (χ0) is 19.0.